The fraction of sp³-hybridized carbons (Fsp3) is 0.923. The van der Waals surface area contributed by atoms with Gasteiger partial charge in [-0.1, -0.05) is 353 Å². The fourth-order valence-electron chi connectivity index (χ4n) is 10.3. The van der Waals surface area contributed by atoms with E-state index in [9.17, 15) is 15.0 Å². The smallest absolute Gasteiger partial charge is 0.220 e. The molecule has 4 nitrogen and oxygen atoms in total. The number of carbonyl (C=O) groups is 1. The van der Waals surface area contributed by atoms with Gasteiger partial charge in [-0.3, -0.25) is 4.79 Å². The zero-order valence-electron chi connectivity index (χ0n) is 47.4. The van der Waals surface area contributed by atoms with Crippen molar-refractivity contribution >= 4 is 5.91 Å². The Morgan fingerprint density at radius 2 is 0.565 bits per heavy atom. The summed E-state index contributed by atoms with van der Waals surface area (Å²) in [5.74, 6) is -0.0652. The summed E-state index contributed by atoms with van der Waals surface area (Å²) in [4.78, 5) is 12.5. The summed E-state index contributed by atoms with van der Waals surface area (Å²) in [5.41, 5.74) is 0. The van der Waals surface area contributed by atoms with Gasteiger partial charge in [-0.2, -0.15) is 0 Å². The average Bonchev–Trinajstić information content (AvgIpc) is 3.35. The summed E-state index contributed by atoms with van der Waals surface area (Å²) in [7, 11) is 0. The standard InChI is InChI=1S/C65H127NO3/c1-3-5-7-9-11-13-15-17-19-21-23-25-27-29-30-31-32-33-34-35-37-38-40-42-44-46-48-50-52-54-56-58-60-64(68)63(62-67)66-65(69)61-59-57-55-53-51-49-47-45-43-41-39-36-28-26-24-22-20-18-16-14-12-10-8-6-4-2/h50,52,58,60,63-64,67-68H,3-49,51,53-57,59,61-62H2,1-2H3,(H,66,69)/b52-50+,60-58+. The van der Waals surface area contributed by atoms with Gasteiger partial charge in [0.15, 0.2) is 0 Å². The number of hydrogen-bond acceptors (Lipinski definition) is 3. The minimum Gasteiger partial charge on any atom is -0.394 e. The lowest BCUT2D eigenvalue weighted by Crippen LogP contribution is -2.45. The predicted octanol–water partition coefficient (Wildman–Crippen LogP) is 21.4. The van der Waals surface area contributed by atoms with E-state index in [1.54, 1.807) is 6.08 Å². The molecule has 0 fully saturated rings. The van der Waals surface area contributed by atoms with Crippen LogP contribution in [0.1, 0.15) is 367 Å². The first-order valence-corrected chi connectivity index (χ1v) is 32.1. The highest BCUT2D eigenvalue weighted by Gasteiger charge is 2.18. The van der Waals surface area contributed by atoms with Crippen molar-refractivity contribution in [2.45, 2.75) is 379 Å². The van der Waals surface area contributed by atoms with E-state index < -0.39 is 12.1 Å². The van der Waals surface area contributed by atoms with Crippen LogP contribution in [0.15, 0.2) is 24.3 Å². The largest absolute Gasteiger partial charge is 0.394 e. The first kappa shape index (κ1) is 67.9. The molecule has 4 heteroatoms. The Balaban J connectivity index is 3.45. The lowest BCUT2D eigenvalue weighted by atomic mass is 10.0. The summed E-state index contributed by atoms with van der Waals surface area (Å²) in [5, 5.41) is 23.2. The Hall–Kier alpha value is -1.13. The molecular formula is C65H127NO3. The van der Waals surface area contributed by atoms with Crippen molar-refractivity contribution in [1.82, 2.24) is 5.32 Å². The monoisotopic (exact) mass is 970 g/mol. The van der Waals surface area contributed by atoms with Crippen LogP contribution in [0.3, 0.4) is 0 Å². The Bertz CT molecular complexity index is 1010. The second-order valence-corrected chi connectivity index (χ2v) is 22.2. The molecule has 0 aliphatic rings. The van der Waals surface area contributed by atoms with E-state index >= 15 is 0 Å². The number of rotatable bonds is 60. The van der Waals surface area contributed by atoms with Gasteiger partial charge in [0.25, 0.3) is 0 Å². The number of nitrogens with one attached hydrogen (secondary N) is 1. The van der Waals surface area contributed by atoms with Gasteiger partial charge in [-0.15, -0.1) is 0 Å². The van der Waals surface area contributed by atoms with Gasteiger partial charge in [0.1, 0.15) is 0 Å². The van der Waals surface area contributed by atoms with Crippen LogP contribution in [-0.2, 0) is 4.79 Å². The highest BCUT2D eigenvalue weighted by molar-refractivity contribution is 5.76. The van der Waals surface area contributed by atoms with E-state index in [0.717, 1.165) is 32.1 Å². The first-order valence-electron chi connectivity index (χ1n) is 32.1. The lowest BCUT2D eigenvalue weighted by Gasteiger charge is -2.19. The van der Waals surface area contributed by atoms with E-state index in [0.29, 0.717) is 6.42 Å². The maximum atomic E-state index is 12.5. The van der Waals surface area contributed by atoms with E-state index in [4.69, 9.17) is 0 Å². The molecule has 0 aromatic carbocycles. The predicted molar refractivity (Wildman–Crippen MR) is 309 cm³/mol. The third-order valence-electron chi connectivity index (χ3n) is 15.2. The number of allylic oxidation sites excluding steroid dienone is 3. The van der Waals surface area contributed by atoms with E-state index in [-0.39, 0.29) is 12.5 Å². The molecule has 0 heterocycles. The van der Waals surface area contributed by atoms with E-state index in [2.05, 4.69) is 31.3 Å². The molecule has 0 bridgehead atoms. The molecule has 3 N–H and O–H groups in total. The maximum Gasteiger partial charge on any atom is 0.220 e. The molecule has 0 aromatic rings. The van der Waals surface area contributed by atoms with Crippen LogP contribution >= 0.6 is 0 Å². The molecule has 0 aromatic heterocycles. The average molecular weight is 971 g/mol. The minimum atomic E-state index is -0.861. The topological polar surface area (TPSA) is 69.6 Å². The van der Waals surface area contributed by atoms with Gasteiger partial charge in [-0.05, 0) is 32.1 Å². The van der Waals surface area contributed by atoms with Crippen molar-refractivity contribution in [3.63, 3.8) is 0 Å². The molecule has 69 heavy (non-hydrogen) atoms. The molecule has 410 valence electrons. The molecular weight excluding hydrogens is 843 g/mol. The molecule has 1 amide bonds. The summed E-state index contributed by atoms with van der Waals surface area (Å²) in [6.45, 7) is 4.35. The van der Waals surface area contributed by atoms with Crippen LogP contribution in [0, 0.1) is 0 Å². The van der Waals surface area contributed by atoms with Crippen molar-refractivity contribution in [2.75, 3.05) is 6.61 Å². The molecule has 2 unspecified atom stereocenters. The van der Waals surface area contributed by atoms with Crippen LogP contribution in [0.4, 0.5) is 0 Å². The van der Waals surface area contributed by atoms with Crippen molar-refractivity contribution in [3.05, 3.63) is 24.3 Å². The van der Waals surface area contributed by atoms with Crippen LogP contribution in [0.5, 0.6) is 0 Å². The maximum absolute atomic E-state index is 12.5. The van der Waals surface area contributed by atoms with Crippen molar-refractivity contribution in [2.24, 2.45) is 0 Å². The number of carbonyl (C=O) groups excluding carboxylic acids is 1. The molecule has 0 rings (SSSR count). The van der Waals surface area contributed by atoms with Crippen molar-refractivity contribution in [3.8, 4) is 0 Å². The molecule has 0 saturated carbocycles. The van der Waals surface area contributed by atoms with Crippen molar-refractivity contribution in [1.29, 1.82) is 0 Å². The Kier molecular flexibility index (Phi) is 60.2. The Morgan fingerprint density at radius 1 is 0.333 bits per heavy atom. The summed E-state index contributed by atoms with van der Waals surface area (Å²) >= 11 is 0. The first-order chi connectivity index (χ1) is 34.2. The number of aliphatic hydroxyl groups is 2. The highest BCUT2D eigenvalue weighted by atomic mass is 16.3. The number of unbranched alkanes of at least 4 members (excludes halogenated alkanes) is 51. The number of amides is 1. The quantitative estimate of drug-likeness (QED) is 0.0420. The third-order valence-corrected chi connectivity index (χ3v) is 15.2. The Morgan fingerprint density at radius 3 is 0.841 bits per heavy atom. The number of aliphatic hydroxyl groups excluding tert-OH is 2. The fourth-order valence-corrected chi connectivity index (χ4v) is 10.3. The van der Waals surface area contributed by atoms with Gasteiger partial charge in [-0.25, -0.2) is 0 Å². The SMILES string of the molecule is CCCCCCCCCCCCCCCCCCCCCCCCCCCC/C=C/CC/C=C/C(O)C(CO)NC(=O)CCCCCCCCCCCCCCCCCCCCCCCCCCC. The molecule has 0 radical (unpaired) electrons. The lowest BCUT2D eigenvalue weighted by molar-refractivity contribution is -0.123. The second-order valence-electron chi connectivity index (χ2n) is 22.2. The van der Waals surface area contributed by atoms with Crippen LogP contribution in [0.25, 0.3) is 0 Å². The van der Waals surface area contributed by atoms with Gasteiger partial charge in [0.05, 0.1) is 18.8 Å². The van der Waals surface area contributed by atoms with Gasteiger partial charge in [0, 0.05) is 6.42 Å². The normalized spacial score (nSPS) is 12.8. The van der Waals surface area contributed by atoms with Gasteiger partial charge in [0.2, 0.25) is 5.91 Å². The van der Waals surface area contributed by atoms with Gasteiger partial charge >= 0.3 is 0 Å². The number of hydrogen-bond donors (Lipinski definition) is 3. The summed E-state index contributed by atoms with van der Waals surface area (Å²) < 4.78 is 0. The molecule has 2 atom stereocenters. The minimum absolute atomic E-state index is 0.0652. The molecule has 0 aliphatic heterocycles. The van der Waals surface area contributed by atoms with E-state index in [1.165, 1.54) is 315 Å². The summed E-state index contributed by atoms with van der Waals surface area (Å²) in [6, 6.07) is -0.637. The molecule has 0 aliphatic carbocycles. The third kappa shape index (κ3) is 57.6. The molecule has 0 spiro atoms. The van der Waals surface area contributed by atoms with Crippen molar-refractivity contribution < 1.29 is 15.0 Å². The summed E-state index contributed by atoms with van der Waals surface area (Å²) in [6.07, 6.45) is 82.5. The molecule has 0 saturated heterocycles. The van der Waals surface area contributed by atoms with Crippen LogP contribution in [0.2, 0.25) is 0 Å². The Labute approximate surface area is 434 Å². The highest BCUT2D eigenvalue weighted by Crippen LogP contribution is 2.19. The second kappa shape index (κ2) is 61.2. The zero-order chi connectivity index (χ0) is 49.9. The van der Waals surface area contributed by atoms with Gasteiger partial charge < -0.3 is 15.5 Å². The van der Waals surface area contributed by atoms with Crippen LogP contribution in [-0.4, -0.2) is 34.9 Å². The zero-order valence-corrected chi connectivity index (χ0v) is 47.4. The van der Waals surface area contributed by atoms with Crippen LogP contribution < -0.4 is 5.32 Å². The van der Waals surface area contributed by atoms with E-state index in [1.807, 2.05) is 6.08 Å².